The molecule has 4 nitrogen and oxygen atoms in total. The van der Waals surface area contributed by atoms with E-state index < -0.39 is 18.3 Å². The van der Waals surface area contributed by atoms with E-state index in [1.807, 2.05) is 0 Å². The summed E-state index contributed by atoms with van der Waals surface area (Å²) >= 11 is 0. The van der Waals surface area contributed by atoms with Crippen molar-refractivity contribution in [2.45, 2.75) is 115 Å². The zero-order valence-electron chi connectivity index (χ0n) is 24.3. The van der Waals surface area contributed by atoms with Gasteiger partial charge < -0.3 is 15.3 Å². The summed E-state index contributed by atoms with van der Waals surface area (Å²) in [6.07, 6.45) is 18.2. The molecule has 4 saturated carbocycles. The summed E-state index contributed by atoms with van der Waals surface area (Å²) in [5.74, 6) is 1.57. The van der Waals surface area contributed by atoms with Gasteiger partial charge in [0.25, 0.3) is 0 Å². The molecule has 4 heteroatoms. The lowest BCUT2D eigenvalue weighted by atomic mass is 9.61. The third-order valence-electron chi connectivity index (χ3n) is 10.7. The molecule has 3 N–H and O–H groups in total. The van der Waals surface area contributed by atoms with Crippen molar-refractivity contribution in [1.82, 2.24) is 4.98 Å². The number of pyridine rings is 1. The standard InChI is InChI=1S/C35H49NO3/c1-5-8-27-10-6-11-32(36-27)35(19-20-35)33(39)17-12-23(2)29-15-16-30-25(9-7-18-34(29,30)4)13-14-26-21-28(37)22-31(38)24(26)3/h6,10-14,17,23,28-31,33,37-39H,3,5,7-9,15-16,18-22H2,1-2,4H3/b17-12+,25-13+,26-14-/t23-,28-,29-,30+,31+,33-,34-/m1/s1. The molecular formula is C35H49NO3. The van der Waals surface area contributed by atoms with Crippen LogP contribution >= 0.6 is 0 Å². The first-order chi connectivity index (χ1) is 18.7. The topological polar surface area (TPSA) is 73.6 Å². The van der Waals surface area contributed by atoms with E-state index in [4.69, 9.17) is 4.98 Å². The lowest BCUT2D eigenvalue weighted by Gasteiger charge is -2.44. The van der Waals surface area contributed by atoms with Crippen LogP contribution in [0, 0.1) is 23.2 Å². The molecule has 0 spiro atoms. The van der Waals surface area contributed by atoms with E-state index in [0.717, 1.165) is 54.6 Å². The Balaban J connectivity index is 1.28. The average Bonchev–Trinajstić information content (AvgIpc) is 3.65. The summed E-state index contributed by atoms with van der Waals surface area (Å²) in [5, 5.41) is 31.7. The second-order valence-corrected chi connectivity index (χ2v) is 13.3. The second kappa shape index (κ2) is 11.5. The van der Waals surface area contributed by atoms with Crippen molar-refractivity contribution >= 4 is 0 Å². The largest absolute Gasteiger partial charge is 0.393 e. The lowest BCUT2D eigenvalue weighted by Crippen LogP contribution is -2.35. The van der Waals surface area contributed by atoms with Crippen LogP contribution in [0.3, 0.4) is 0 Å². The van der Waals surface area contributed by atoms with Gasteiger partial charge in [-0.3, -0.25) is 4.98 Å². The Hall–Kier alpha value is -2.01. The third kappa shape index (κ3) is 5.62. The van der Waals surface area contributed by atoms with Crippen LogP contribution in [-0.4, -0.2) is 38.6 Å². The number of hydrogen-bond donors (Lipinski definition) is 3. The number of aliphatic hydroxyl groups is 3. The molecule has 39 heavy (non-hydrogen) atoms. The van der Waals surface area contributed by atoms with Crippen LogP contribution in [0.2, 0.25) is 0 Å². The summed E-state index contributed by atoms with van der Waals surface area (Å²) in [4.78, 5) is 4.92. The summed E-state index contributed by atoms with van der Waals surface area (Å²) in [6.45, 7) is 11.1. The van der Waals surface area contributed by atoms with E-state index >= 15 is 0 Å². The van der Waals surface area contributed by atoms with Crippen LogP contribution in [0.1, 0.15) is 96.4 Å². The molecule has 0 bridgehead atoms. The van der Waals surface area contributed by atoms with Crippen molar-refractivity contribution in [3.05, 3.63) is 77.2 Å². The van der Waals surface area contributed by atoms with Crippen LogP contribution in [0.15, 0.2) is 65.8 Å². The molecule has 4 fully saturated rings. The lowest BCUT2D eigenvalue weighted by molar-refractivity contribution is 0.0862. The summed E-state index contributed by atoms with van der Waals surface area (Å²) < 4.78 is 0. The Bertz CT molecular complexity index is 1140. The van der Waals surface area contributed by atoms with Crippen molar-refractivity contribution < 1.29 is 15.3 Å². The zero-order valence-corrected chi connectivity index (χ0v) is 24.3. The van der Waals surface area contributed by atoms with Gasteiger partial charge in [0, 0.05) is 23.2 Å². The second-order valence-electron chi connectivity index (χ2n) is 13.3. The van der Waals surface area contributed by atoms with Crippen molar-refractivity contribution in [1.29, 1.82) is 0 Å². The number of nitrogens with zero attached hydrogens (tertiary/aromatic N) is 1. The molecule has 4 aliphatic rings. The smallest absolute Gasteiger partial charge is 0.0832 e. The maximum Gasteiger partial charge on any atom is 0.0832 e. The van der Waals surface area contributed by atoms with Crippen molar-refractivity contribution in [2.24, 2.45) is 23.2 Å². The number of allylic oxidation sites excluding steroid dienone is 4. The Morgan fingerprint density at radius 3 is 2.67 bits per heavy atom. The molecule has 0 aliphatic heterocycles. The highest BCUT2D eigenvalue weighted by Gasteiger charge is 2.52. The number of aryl methyl sites for hydroxylation is 1. The molecular weight excluding hydrogens is 482 g/mol. The molecule has 7 atom stereocenters. The van der Waals surface area contributed by atoms with Gasteiger partial charge in [0.05, 0.1) is 18.3 Å². The van der Waals surface area contributed by atoms with Crippen LogP contribution in [0.4, 0.5) is 0 Å². The summed E-state index contributed by atoms with van der Waals surface area (Å²) in [7, 11) is 0. The Kier molecular flexibility index (Phi) is 8.38. The predicted octanol–water partition coefficient (Wildman–Crippen LogP) is 6.76. The Morgan fingerprint density at radius 2 is 1.92 bits per heavy atom. The van der Waals surface area contributed by atoms with Gasteiger partial charge in [-0.25, -0.2) is 0 Å². The van der Waals surface area contributed by atoms with Gasteiger partial charge in [0.2, 0.25) is 0 Å². The molecule has 0 amide bonds. The molecule has 0 aromatic carbocycles. The maximum absolute atomic E-state index is 11.3. The van der Waals surface area contributed by atoms with Gasteiger partial charge in [-0.15, -0.1) is 0 Å². The van der Waals surface area contributed by atoms with Gasteiger partial charge >= 0.3 is 0 Å². The number of aliphatic hydroxyl groups excluding tert-OH is 3. The number of hydrogen-bond acceptors (Lipinski definition) is 4. The SMILES string of the molecule is C=C1/C(=C\C=C2/CCC[C@]3(C)[C@@H]([C@H](C)/C=C/[C@@H](O)C4(c5cccc(CCC)n5)CC4)CC[C@@H]23)C[C@@H](O)C[C@@H]1O. The third-order valence-corrected chi connectivity index (χ3v) is 10.7. The minimum Gasteiger partial charge on any atom is -0.393 e. The molecule has 0 radical (unpaired) electrons. The van der Waals surface area contributed by atoms with Crippen LogP contribution in [-0.2, 0) is 11.8 Å². The maximum atomic E-state index is 11.3. The monoisotopic (exact) mass is 531 g/mol. The highest BCUT2D eigenvalue weighted by atomic mass is 16.3. The van der Waals surface area contributed by atoms with E-state index in [0.29, 0.717) is 30.6 Å². The summed E-state index contributed by atoms with van der Waals surface area (Å²) in [5.41, 5.74) is 5.51. The molecule has 4 aliphatic carbocycles. The number of fused-ring (bicyclic) bond motifs is 1. The highest BCUT2D eigenvalue weighted by molar-refractivity contribution is 5.39. The molecule has 1 aromatic heterocycles. The first-order valence-corrected chi connectivity index (χ1v) is 15.5. The molecule has 0 unspecified atom stereocenters. The van der Waals surface area contributed by atoms with Crippen LogP contribution < -0.4 is 0 Å². The van der Waals surface area contributed by atoms with E-state index in [-0.39, 0.29) is 10.8 Å². The number of rotatable bonds is 8. The van der Waals surface area contributed by atoms with E-state index in [1.165, 1.54) is 31.3 Å². The average molecular weight is 532 g/mol. The molecule has 1 aromatic rings. The van der Waals surface area contributed by atoms with E-state index in [1.54, 1.807) is 0 Å². The summed E-state index contributed by atoms with van der Waals surface area (Å²) in [6, 6.07) is 6.31. The van der Waals surface area contributed by atoms with Crippen molar-refractivity contribution in [3.63, 3.8) is 0 Å². The molecule has 212 valence electrons. The highest BCUT2D eigenvalue weighted by Crippen LogP contribution is 2.60. The quantitative estimate of drug-likeness (QED) is 0.324. The fourth-order valence-electron chi connectivity index (χ4n) is 8.20. The fourth-order valence-corrected chi connectivity index (χ4v) is 8.20. The molecule has 5 rings (SSSR count). The first-order valence-electron chi connectivity index (χ1n) is 15.5. The van der Waals surface area contributed by atoms with E-state index in [9.17, 15) is 15.3 Å². The van der Waals surface area contributed by atoms with Crippen LogP contribution in [0.5, 0.6) is 0 Å². The molecule has 1 heterocycles. The predicted molar refractivity (Wildman–Crippen MR) is 158 cm³/mol. The van der Waals surface area contributed by atoms with Gasteiger partial charge in [-0.05, 0) is 104 Å². The Labute approximate surface area is 235 Å². The van der Waals surface area contributed by atoms with Gasteiger partial charge in [-0.2, -0.15) is 0 Å². The normalized spacial score (nSPS) is 35.9. The van der Waals surface area contributed by atoms with Crippen molar-refractivity contribution in [3.8, 4) is 0 Å². The van der Waals surface area contributed by atoms with Crippen molar-refractivity contribution in [2.75, 3.05) is 0 Å². The van der Waals surface area contributed by atoms with Crippen LogP contribution in [0.25, 0.3) is 0 Å². The van der Waals surface area contributed by atoms with Gasteiger partial charge in [-0.1, -0.05) is 69.7 Å². The zero-order chi connectivity index (χ0) is 27.8. The minimum absolute atomic E-state index is 0.208. The minimum atomic E-state index is -0.639. The molecule has 0 saturated heterocycles. The van der Waals surface area contributed by atoms with E-state index in [2.05, 4.69) is 69.9 Å². The van der Waals surface area contributed by atoms with Gasteiger partial charge in [0.1, 0.15) is 0 Å². The van der Waals surface area contributed by atoms with Gasteiger partial charge in [0.15, 0.2) is 0 Å². The fraction of sp³-hybridized carbons (Fsp3) is 0.629. The first kappa shape index (κ1) is 28.5. The Morgan fingerprint density at radius 1 is 1.13 bits per heavy atom. The number of aromatic nitrogens is 1.